The summed E-state index contributed by atoms with van der Waals surface area (Å²) in [5, 5.41) is 0. The lowest BCUT2D eigenvalue weighted by Gasteiger charge is -2.36. The lowest BCUT2D eigenvalue weighted by molar-refractivity contribution is -0.259. The van der Waals surface area contributed by atoms with Gasteiger partial charge in [0.1, 0.15) is 0 Å². The van der Waals surface area contributed by atoms with E-state index in [1.54, 1.807) is 61.5 Å². The Kier molecular flexibility index (Phi) is 6.37. The van der Waals surface area contributed by atoms with Crippen LogP contribution in [0.1, 0.15) is 45.5 Å². The number of esters is 1. The fraction of sp³-hybridized carbons (Fsp3) is 0.364. The Morgan fingerprint density at radius 1 is 1.03 bits per heavy atom. The highest BCUT2D eigenvalue weighted by Crippen LogP contribution is 2.40. The van der Waals surface area contributed by atoms with E-state index in [-0.39, 0.29) is 18.4 Å². The van der Waals surface area contributed by atoms with Gasteiger partial charge in [-0.25, -0.2) is 4.79 Å². The van der Waals surface area contributed by atoms with Crippen molar-refractivity contribution in [1.82, 2.24) is 0 Å². The molecule has 1 saturated heterocycles. The monoisotopic (exact) mass is 406 g/mol. The van der Waals surface area contributed by atoms with Crippen LogP contribution in [0, 0.1) is 12.8 Å². The van der Waals surface area contributed by atoms with Crippen molar-refractivity contribution in [3.63, 3.8) is 0 Å². The molecule has 0 aliphatic carbocycles. The Morgan fingerprint density at radius 2 is 1.69 bits per heavy atom. The third kappa shape index (κ3) is 5.23. The van der Waals surface area contributed by atoms with E-state index in [1.165, 1.54) is 0 Å². The predicted molar refractivity (Wildman–Crippen MR) is 99.4 cm³/mol. The van der Waals surface area contributed by atoms with Crippen LogP contribution in [0.4, 0.5) is 13.2 Å². The lowest BCUT2D eigenvalue weighted by Crippen LogP contribution is -2.45. The van der Waals surface area contributed by atoms with Gasteiger partial charge in [-0.3, -0.25) is 4.79 Å². The molecule has 1 aliphatic rings. The Morgan fingerprint density at radius 3 is 2.34 bits per heavy atom. The molecule has 0 saturated carbocycles. The minimum absolute atomic E-state index is 0.0855. The zero-order valence-corrected chi connectivity index (χ0v) is 15.8. The number of Topliss-reactive ketones (excluding diaryl/α,β-unsaturated/α-hetero) is 1. The summed E-state index contributed by atoms with van der Waals surface area (Å²) in [7, 11) is 0. The van der Waals surface area contributed by atoms with Gasteiger partial charge in [0.15, 0.2) is 5.78 Å². The summed E-state index contributed by atoms with van der Waals surface area (Å²) in [5.74, 6) is -2.90. The molecule has 29 heavy (non-hydrogen) atoms. The highest BCUT2D eigenvalue weighted by molar-refractivity contribution is 5.97. The van der Waals surface area contributed by atoms with Crippen LogP contribution >= 0.6 is 0 Å². The van der Waals surface area contributed by atoms with Crippen LogP contribution < -0.4 is 0 Å². The number of hydrogen-bond acceptors (Lipinski definition) is 4. The highest BCUT2D eigenvalue weighted by Gasteiger charge is 2.49. The first-order chi connectivity index (χ1) is 13.8. The topological polar surface area (TPSA) is 52.6 Å². The summed E-state index contributed by atoms with van der Waals surface area (Å²) in [5.41, 5.74) is 1.32. The maximum Gasteiger partial charge on any atom is 0.394 e. The number of ether oxygens (including phenoxy) is 2. The standard InChI is InChI=1S/C22H21F3O4/c1-14-7-5-6-10-16(14)18(26)13-19-17(22(23,24)25)11-12-20(28-19)29-21(27)15-8-3-2-4-9-15/h2-10,17,19-20H,11-13H2,1H3. The van der Waals surface area contributed by atoms with Crippen LogP contribution in [0.25, 0.3) is 0 Å². The van der Waals surface area contributed by atoms with Gasteiger partial charge in [-0.15, -0.1) is 0 Å². The van der Waals surface area contributed by atoms with Gasteiger partial charge in [0.05, 0.1) is 17.6 Å². The van der Waals surface area contributed by atoms with Gasteiger partial charge in [0.2, 0.25) is 6.29 Å². The average Bonchev–Trinajstić information content (AvgIpc) is 2.68. The van der Waals surface area contributed by atoms with Gasteiger partial charge in [-0.2, -0.15) is 13.2 Å². The molecule has 1 aliphatic heterocycles. The number of aryl methyl sites for hydroxylation is 1. The number of halogens is 3. The van der Waals surface area contributed by atoms with Crippen molar-refractivity contribution in [3.8, 4) is 0 Å². The smallest absolute Gasteiger partial charge is 0.394 e. The number of carbonyl (C=O) groups excluding carboxylic acids is 2. The molecule has 1 heterocycles. The largest absolute Gasteiger partial charge is 0.432 e. The number of hydrogen-bond donors (Lipinski definition) is 0. The number of benzene rings is 2. The molecule has 2 aromatic rings. The average molecular weight is 406 g/mol. The van der Waals surface area contributed by atoms with Gasteiger partial charge >= 0.3 is 12.1 Å². The second-order valence-electron chi connectivity index (χ2n) is 7.04. The van der Waals surface area contributed by atoms with Gasteiger partial charge in [-0.05, 0) is 31.0 Å². The molecule has 3 unspecified atom stereocenters. The molecule has 3 atom stereocenters. The first-order valence-electron chi connectivity index (χ1n) is 9.32. The minimum atomic E-state index is -4.51. The van der Waals surface area contributed by atoms with Crippen molar-refractivity contribution in [2.45, 2.75) is 44.8 Å². The third-order valence-corrected chi connectivity index (χ3v) is 4.99. The maximum absolute atomic E-state index is 13.5. The molecule has 4 nitrogen and oxygen atoms in total. The Labute approximate surface area is 166 Å². The Balaban J connectivity index is 1.73. The van der Waals surface area contributed by atoms with Crippen LogP contribution in [0.2, 0.25) is 0 Å². The van der Waals surface area contributed by atoms with E-state index >= 15 is 0 Å². The highest BCUT2D eigenvalue weighted by atomic mass is 19.4. The lowest BCUT2D eigenvalue weighted by atomic mass is 9.88. The van der Waals surface area contributed by atoms with Crippen molar-refractivity contribution >= 4 is 11.8 Å². The van der Waals surface area contributed by atoms with Gasteiger partial charge in [-0.1, -0.05) is 42.5 Å². The van der Waals surface area contributed by atoms with Crippen molar-refractivity contribution in [3.05, 3.63) is 71.3 Å². The van der Waals surface area contributed by atoms with Crippen LogP contribution in [0.3, 0.4) is 0 Å². The first-order valence-corrected chi connectivity index (χ1v) is 9.32. The zero-order valence-electron chi connectivity index (χ0n) is 15.8. The van der Waals surface area contributed by atoms with Gasteiger partial charge in [0.25, 0.3) is 0 Å². The second kappa shape index (κ2) is 8.78. The molecule has 7 heteroatoms. The van der Waals surface area contributed by atoms with E-state index in [2.05, 4.69) is 0 Å². The second-order valence-corrected chi connectivity index (χ2v) is 7.04. The molecule has 0 spiro atoms. The van der Waals surface area contributed by atoms with Crippen LogP contribution in [0.15, 0.2) is 54.6 Å². The fourth-order valence-corrected chi connectivity index (χ4v) is 3.45. The molecule has 0 aromatic heterocycles. The van der Waals surface area contributed by atoms with Crippen LogP contribution in [-0.4, -0.2) is 30.3 Å². The molecule has 3 rings (SSSR count). The van der Waals surface area contributed by atoms with E-state index in [9.17, 15) is 22.8 Å². The van der Waals surface area contributed by atoms with Crippen molar-refractivity contribution in [2.24, 2.45) is 5.92 Å². The third-order valence-electron chi connectivity index (χ3n) is 4.99. The Hall–Kier alpha value is -2.67. The summed E-state index contributed by atoms with van der Waals surface area (Å²) in [6, 6.07) is 14.8. The normalized spacial score (nSPS) is 22.1. The summed E-state index contributed by atoms with van der Waals surface area (Å²) in [4.78, 5) is 24.8. The molecular weight excluding hydrogens is 385 g/mol. The van der Waals surface area contributed by atoms with Crippen molar-refractivity contribution in [2.75, 3.05) is 0 Å². The molecule has 0 bridgehead atoms. The summed E-state index contributed by atoms with van der Waals surface area (Å²) in [6.45, 7) is 1.72. The van der Waals surface area contributed by atoms with E-state index in [0.29, 0.717) is 11.1 Å². The number of carbonyl (C=O) groups is 2. The minimum Gasteiger partial charge on any atom is -0.432 e. The molecule has 0 amide bonds. The summed E-state index contributed by atoms with van der Waals surface area (Å²) >= 11 is 0. The molecule has 0 radical (unpaired) electrons. The number of alkyl halides is 3. The summed E-state index contributed by atoms with van der Waals surface area (Å²) < 4.78 is 51.1. The molecule has 2 aromatic carbocycles. The quantitative estimate of drug-likeness (QED) is 0.512. The van der Waals surface area contributed by atoms with Crippen LogP contribution in [0.5, 0.6) is 0 Å². The zero-order chi connectivity index (χ0) is 21.0. The van der Waals surface area contributed by atoms with Crippen molar-refractivity contribution in [1.29, 1.82) is 0 Å². The van der Waals surface area contributed by atoms with E-state index in [1.807, 2.05) is 0 Å². The predicted octanol–water partition coefficient (Wildman–Crippen LogP) is 5.11. The SMILES string of the molecule is Cc1ccccc1C(=O)CC1OC(OC(=O)c2ccccc2)CCC1C(F)(F)F. The van der Waals surface area contributed by atoms with Crippen LogP contribution in [-0.2, 0) is 9.47 Å². The van der Waals surface area contributed by atoms with Gasteiger partial charge < -0.3 is 9.47 Å². The molecule has 1 fully saturated rings. The Bertz CT molecular complexity index is 864. The summed E-state index contributed by atoms with van der Waals surface area (Å²) in [6.07, 6.45) is -7.85. The van der Waals surface area contributed by atoms with E-state index < -0.39 is 42.7 Å². The number of rotatable bonds is 5. The van der Waals surface area contributed by atoms with Crippen molar-refractivity contribution < 1.29 is 32.2 Å². The molecule has 154 valence electrons. The fourth-order valence-electron chi connectivity index (χ4n) is 3.45. The van der Waals surface area contributed by atoms with E-state index in [4.69, 9.17) is 9.47 Å². The number of ketones is 1. The first kappa shape index (κ1) is 21.0. The molecule has 0 N–H and O–H groups in total. The molecular formula is C22H21F3O4. The van der Waals surface area contributed by atoms with E-state index in [0.717, 1.165) is 0 Å². The van der Waals surface area contributed by atoms with Gasteiger partial charge in [0, 0.05) is 18.4 Å². The maximum atomic E-state index is 13.5.